The van der Waals surface area contributed by atoms with Gasteiger partial charge in [-0.2, -0.15) is 0 Å². The SMILES string of the molecule is CC1(c2ccc(Br)cc2)OC=CO1. The van der Waals surface area contributed by atoms with Gasteiger partial charge >= 0.3 is 0 Å². The van der Waals surface area contributed by atoms with Gasteiger partial charge in [-0.25, -0.2) is 0 Å². The van der Waals surface area contributed by atoms with Crippen LogP contribution in [0.5, 0.6) is 0 Å². The van der Waals surface area contributed by atoms with E-state index in [0.29, 0.717) is 0 Å². The average Bonchev–Trinajstić information content (AvgIpc) is 2.54. The van der Waals surface area contributed by atoms with Crippen LogP contribution in [0.2, 0.25) is 0 Å². The highest BCUT2D eigenvalue weighted by molar-refractivity contribution is 9.10. The fraction of sp³-hybridized carbons (Fsp3) is 0.200. The Morgan fingerprint density at radius 1 is 1.08 bits per heavy atom. The molecule has 0 spiro atoms. The van der Waals surface area contributed by atoms with Crippen LogP contribution in [-0.2, 0) is 15.3 Å². The predicted octanol–water partition coefficient (Wildman–Crippen LogP) is 3.14. The van der Waals surface area contributed by atoms with Gasteiger partial charge in [0.2, 0.25) is 0 Å². The number of rotatable bonds is 1. The fourth-order valence-electron chi connectivity index (χ4n) is 1.23. The summed E-state index contributed by atoms with van der Waals surface area (Å²) in [5.41, 5.74) is 1.00. The molecule has 68 valence electrons. The summed E-state index contributed by atoms with van der Waals surface area (Å²) in [6, 6.07) is 7.87. The third-order valence-corrected chi connectivity index (χ3v) is 2.54. The van der Waals surface area contributed by atoms with E-state index in [-0.39, 0.29) is 0 Å². The minimum Gasteiger partial charge on any atom is -0.453 e. The maximum atomic E-state index is 5.35. The minimum absolute atomic E-state index is 0.652. The number of hydrogen-bond acceptors (Lipinski definition) is 2. The van der Waals surface area contributed by atoms with Gasteiger partial charge in [0.1, 0.15) is 12.5 Å². The molecule has 0 saturated heterocycles. The molecule has 13 heavy (non-hydrogen) atoms. The standard InChI is InChI=1S/C10H9BrO2/c1-10(12-6-7-13-10)8-2-4-9(11)5-3-8/h2-7H,1H3. The minimum atomic E-state index is -0.652. The van der Waals surface area contributed by atoms with Crippen LogP contribution < -0.4 is 0 Å². The van der Waals surface area contributed by atoms with Crippen LogP contribution >= 0.6 is 15.9 Å². The lowest BCUT2D eigenvalue weighted by molar-refractivity contribution is -0.133. The number of hydrogen-bond donors (Lipinski definition) is 0. The van der Waals surface area contributed by atoms with Crippen LogP contribution in [0.25, 0.3) is 0 Å². The van der Waals surface area contributed by atoms with Crippen molar-refractivity contribution in [3.63, 3.8) is 0 Å². The normalized spacial score (nSPS) is 18.0. The van der Waals surface area contributed by atoms with E-state index in [9.17, 15) is 0 Å². The molecule has 0 aromatic heterocycles. The molecule has 0 N–H and O–H groups in total. The summed E-state index contributed by atoms with van der Waals surface area (Å²) in [7, 11) is 0. The molecule has 1 aromatic rings. The Kier molecular flexibility index (Phi) is 2.04. The van der Waals surface area contributed by atoms with Crippen molar-refractivity contribution in [3.8, 4) is 0 Å². The molecule has 0 amide bonds. The van der Waals surface area contributed by atoms with Crippen LogP contribution in [0.15, 0.2) is 41.3 Å². The van der Waals surface area contributed by atoms with E-state index >= 15 is 0 Å². The van der Waals surface area contributed by atoms with E-state index < -0.39 is 5.79 Å². The van der Waals surface area contributed by atoms with Gasteiger partial charge in [0.25, 0.3) is 5.79 Å². The molecule has 2 nitrogen and oxygen atoms in total. The summed E-state index contributed by atoms with van der Waals surface area (Å²) in [6.07, 6.45) is 3.12. The Hall–Kier alpha value is -0.960. The van der Waals surface area contributed by atoms with E-state index in [0.717, 1.165) is 10.0 Å². The second kappa shape index (κ2) is 3.07. The molecule has 0 atom stereocenters. The van der Waals surface area contributed by atoms with Crippen LogP contribution in [0.4, 0.5) is 0 Å². The van der Waals surface area contributed by atoms with Crippen molar-refractivity contribution >= 4 is 15.9 Å². The van der Waals surface area contributed by atoms with Crippen LogP contribution in [0.3, 0.4) is 0 Å². The van der Waals surface area contributed by atoms with Crippen LogP contribution in [0.1, 0.15) is 12.5 Å². The van der Waals surface area contributed by atoms with Crippen molar-refractivity contribution in [2.45, 2.75) is 12.7 Å². The lowest BCUT2D eigenvalue weighted by atomic mass is 10.1. The topological polar surface area (TPSA) is 18.5 Å². The van der Waals surface area contributed by atoms with E-state index in [1.165, 1.54) is 0 Å². The lowest BCUT2D eigenvalue weighted by Gasteiger charge is -2.23. The first-order valence-electron chi connectivity index (χ1n) is 3.97. The summed E-state index contributed by atoms with van der Waals surface area (Å²) in [5.74, 6) is -0.652. The van der Waals surface area contributed by atoms with Gasteiger partial charge in [-0.15, -0.1) is 0 Å². The van der Waals surface area contributed by atoms with E-state index in [1.54, 1.807) is 12.5 Å². The van der Waals surface area contributed by atoms with Gasteiger partial charge in [-0.3, -0.25) is 0 Å². The Bertz CT molecular complexity index is 321. The average molecular weight is 241 g/mol. The molecule has 0 unspecified atom stereocenters. The van der Waals surface area contributed by atoms with Crippen molar-refractivity contribution < 1.29 is 9.47 Å². The summed E-state index contributed by atoms with van der Waals surface area (Å²) in [4.78, 5) is 0. The summed E-state index contributed by atoms with van der Waals surface area (Å²) >= 11 is 3.37. The van der Waals surface area contributed by atoms with Gasteiger partial charge in [0.05, 0.1) is 0 Å². The zero-order valence-corrected chi connectivity index (χ0v) is 8.74. The Balaban J connectivity index is 2.30. The molecule has 1 aliphatic rings. The number of halogens is 1. The summed E-state index contributed by atoms with van der Waals surface area (Å²) in [6.45, 7) is 1.89. The first kappa shape index (κ1) is 8.63. The largest absolute Gasteiger partial charge is 0.453 e. The third kappa shape index (κ3) is 1.56. The van der Waals surface area contributed by atoms with E-state index in [2.05, 4.69) is 15.9 Å². The second-order valence-corrected chi connectivity index (χ2v) is 3.88. The summed E-state index contributed by atoms with van der Waals surface area (Å²) < 4.78 is 11.7. The second-order valence-electron chi connectivity index (χ2n) is 2.96. The quantitative estimate of drug-likeness (QED) is 0.751. The molecule has 1 aliphatic heterocycles. The molecule has 0 radical (unpaired) electrons. The van der Waals surface area contributed by atoms with Crippen molar-refractivity contribution in [2.75, 3.05) is 0 Å². The van der Waals surface area contributed by atoms with E-state index in [1.807, 2.05) is 31.2 Å². The molecular formula is C10H9BrO2. The van der Waals surface area contributed by atoms with Crippen molar-refractivity contribution in [1.29, 1.82) is 0 Å². The first-order valence-corrected chi connectivity index (χ1v) is 4.77. The van der Waals surface area contributed by atoms with Crippen LogP contribution in [-0.4, -0.2) is 0 Å². The smallest absolute Gasteiger partial charge is 0.273 e. The van der Waals surface area contributed by atoms with Crippen molar-refractivity contribution in [2.24, 2.45) is 0 Å². The molecule has 1 heterocycles. The first-order chi connectivity index (χ1) is 6.21. The third-order valence-electron chi connectivity index (χ3n) is 2.01. The van der Waals surface area contributed by atoms with Crippen molar-refractivity contribution in [1.82, 2.24) is 0 Å². The molecule has 3 heteroatoms. The lowest BCUT2D eigenvalue weighted by Crippen LogP contribution is -2.21. The van der Waals surface area contributed by atoms with Gasteiger partial charge in [0.15, 0.2) is 0 Å². The predicted molar refractivity (Wildman–Crippen MR) is 52.8 cm³/mol. The highest BCUT2D eigenvalue weighted by Gasteiger charge is 2.31. The van der Waals surface area contributed by atoms with Gasteiger partial charge < -0.3 is 9.47 Å². The molecule has 0 bridgehead atoms. The monoisotopic (exact) mass is 240 g/mol. The van der Waals surface area contributed by atoms with Gasteiger partial charge in [-0.1, -0.05) is 28.1 Å². The molecule has 2 rings (SSSR count). The van der Waals surface area contributed by atoms with Gasteiger partial charge in [0, 0.05) is 17.0 Å². The highest BCUT2D eigenvalue weighted by atomic mass is 79.9. The number of ether oxygens (including phenoxy) is 2. The fourth-order valence-corrected chi connectivity index (χ4v) is 1.50. The molecular weight excluding hydrogens is 232 g/mol. The zero-order chi connectivity index (χ0) is 9.31. The zero-order valence-electron chi connectivity index (χ0n) is 7.16. The van der Waals surface area contributed by atoms with Gasteiger partial charge in [-0.05, 0) is 12.1 Å². The van der Waals surface area contributed by atoms with Crippen molar-refractivity contribution in [3.05, 3.63) is 46.8 Å². The van der Waals surface area contributed by atoms with E-state index in [4.69, 9.17) is 9.47 Å². The summed E-state index contributed by atoms with van der Waals surface area (Å²) in [5, 5.41) is 0. The molecule has 1 aromatic carbocycles. The highest BCUT2D eigenvalue weighted by Crippen LogP contribution is 2.31. The maximum Gasteiger partial charge on any atom is 0.273 e. The maximum absolute atomic E-state index is 5.35. The number of benzene rings is 1. The molecule has 0 saturated carbocycles. The van der Waals surface area contributed by atoms with Crippen LogP contribution in [0, 0.1) is 0 Å². The molecule has 0 aliphatic carbocycles. The Morgan fingerprint density at radius 2 is 1.62 bits per heavy atom. The molecule has 0 fully saturated rings. The Labute approximate surface area is 85.3 Å². The Morgan fingerprint density at radius 3 is 2.15 bits per heavy atom.